The van der Waals surface area contributed by atoms with Gasteiger partial charge < -0.3 is 0 Å². The van der Waals surface area contributed by atoms with Crippen LogP contribution in [0.15, 0.2) is 47.5 Å². The van der Waals surface area contributed by atoms with E-state index in [1.807, 2.05) is 37.3 Å². The van der Waals surface area contributed by atoms with E-state index < -0.39 is 10.0 Å². The molecule has 2 rings (SSSR count). The molecule has 0 aliphatic carbocycles. The average Bonchev–Trinajstić information content (AvgIpc) is 2.49. The fraction of sp³-hybridized carbons (Fsp3) is 0.200. The van der Waals surface area contributed by atoms with Crippen LogP contribution in [-0.4, -0.2) is 24.8 Å². The van der Waals surface area contributed by atoms with Gasteiger partial charge >= 0.3 is 0 Å². The van der Waals surface area contributed by atoms with Gasteiger partial charge in [-0.25, -0.2) is 13.4 Å². The maximum absolute atomic E-state index is 12.5. The highest BCUT2D eigenvalue weighted by molar-refractivity contribution is 7.89. The van der Waals surface area contributed by atoms with E-state index in [-0.39, 0.29) is 17.1 Å². The molecule has 5 nitrogen and oxygen atoms in total. The van der Waals surface area contributed by atoms with E-state index >= 15 is 0 Å². The van der Waals surface area contributed by atoms with Crippen molar-refractivity contribution in [2.75, 3.05) is 7.05 Å². The van der Waals surface area contributed by atoms with Crippen LogP contribution < -0.4 is 0 Å². The lowest BCUT2D eigenvalue weighted by Gasteiger charge is -2.18. The first-order valence-corrected chi connectivity index (χ1v) is 7.76. The Morgan fingerprint density at radius 1 is 1.24 bits per heavy atom. The Labute approximate surface area is 124 Å². The Hall–Kier alpha value is -2.23. The number of nitriles is 1. The lowest BCUT2D eigenvalue weighted by molar-refractivity contribution is 0.465. The van der Waals surface area contributed by atoms with Crippen molar-refractivity contribution in [3.05, 3.63) is 59.4 Å². The molecule has 0 bridgehead atoms. The number of aryl methyl sites for hydroxylation is 1. The molecule has 0 saturated heterocycles. The Kier molecular flexibility index (Phi) is 4.36. The number of hydrogen-bond donors (Lipinski definition) is 0. The van der Waals surface area contributed by atoms with Gasteiger partial charge in [-0.15, -0.1) is 0 Å². The third-order valence-electron chi connectivity index (χ3n) is 3.21. The quantitative estimate of drug-likeness (QED) is 0.866. The summed E-state index contributed by atoms with van der Waals surface area (Å²) in [7, 11) is -2.09. The number of aromatic nitrogens is 1. The first-order chi connectivity index (χ1) is 9.95. The zero-order chi connectivity index (χ0) is 15.5. The number of hydrogen-bond acceptors (Lipinski definition) is 4. The standard InChI is InChI=1S/C15H15N3O2S/c1-12-5-3-4-6-13(12)11-18(2)21(19,20)15-8-7-14(9-16)17-10-15/h3-8,10H,11H2,1-2H3. The van der Waals surface area contributed by atoms with Gasteiger partial charge in [-0.1, -0.05) is 24.3 Å². The Morgan fingerprint density at radius 3 is 2.52 bits per heavy atom. The highest BCUT2D eigenvalue weighted by atomic mass is 32.2. The summed E-state index contributed by atoms with van der Waals surface area (Å²) in [6.07, 6.45) is 1.21. The van der Waals surface area contributed by atoms with Crippen molar-refractivity contribution in [2.45, 2.75) is 18.4 Å². The van der Waals surface area contributed by atoms with Gasteiger partial charge in [-0.05, 0) is 30.2 Å². The SMILES string of the molecule is Cc1ccccc1CN(C)S(=O)(=O)c1ccc(C#N)nc1. The maximum atomic E-state index is 12.5. The molecule has 2 aromatic rings. The van der Waals surface area contributed by atoms with Crippen molar-refractivity contribution in [3.8, 4) is 6.07 Å². The van der Waals surface area contributed by atoms with E-state index in [0.717, 1.165) is 11.1 Å². The average molecular weight is 301 g/mol. The third-order valence-corrected chi connectivity index (χ3v) is 5.00. The van der Waals surface area contributed by atoms with Gasteiger partial charge in [0.25, 0.3) is 0 Å². The lowest BCUT2D eigenvalue weighted by Crippen LogP contribution is -2.27. The minimum Gasteiger partial charge on any atom is -0.244 e. The summed E-state index contributed by atoms with van der Waals surface area (Å²) in [5.41, 5.74) is 2.18. The molecular weight excluding hydrogens is 286 g/mol. The van der Waals surface area contributed by atoms with Crippen LogP contribution in [0.2, 0.25) is 0 Å². The summed E-state index contributed by atoms with van der Waals surface area (Å²) in [6.45, 7) is 2.23. The fourth-order valence-electron chi connectivity index (χ4n) is 1.89. The Bertz CT molecular complexity index is 777. The summed E-state index contributed by atoms with van der Waals surface area (Å²) in [4.78, 5) is 3.88. The van der Waals surface area contributed by atoms with Crippen molar-refractivity contribution in [1.29, 1.82) is 5.26 Å². The smallest absolute Gasteiger partial charge is 0.244 e. The number of benzene rings is 1. The molecule has 1 aromatic heterocycles. The minimum absolute atomic E-state index is 0.0811. The van der Waals surface area contributed by atoms with Crippen LogP contribution in [0.5, 0.6) is 0 Å². The molecule has 0 amide bonds. The first-order valence-electron chi connectivity index (χ1n) is 6.32. The monoisotopic (exact) mass is 301 g/mol. The molecule has 0 aliphatic rings. The molecule has 6 heteroatoms. The fourth-order valence-corrected chi connectivity index (χ4v) is 2.99. The van der Waals surface area contributed by atoms with Crippen molar-refractivity contribution in [3.63, 3.8) is 0 Å². The molecule has 108 valence electrons. The van der Waals surface area contributed by atoms with Crippen LogP contribution >= 0.6 is 0 Å². The van der Waals surface area contributed by atoms with Crippen molar-refractivity contribution in [2.24, 2.45) is 0 Å². The Morgan fingerprint density at radius 2 is 1.95 bits per heavy atom. The predicted molar refractivity (Wildman–Crippen MR) is 78.8 cm³/mol. The molecule has 1 aromatic carbocycles. The Balaban J connectivity index is 2.26. The molecule has 1 heterocycles. The second kappa shape index (κ2) is 6.04. The molecular formula is C15H15N3O2S. The molecule has 0 saturated carbocycles. The van der Waals surface area contributed by atoms with E-state index in [4.69, 9.17) is 5.26 Å². The summed E-state index contributed by atoms with van der Waals surface area (Å²) < 4.78 is 26.2. The normalized spacial score (nSPS) is 11.3. The minimum atomic E-state index is -3.62. The van der Waals surface area contributed by atoms with Crippen molar-refractivity contribution < 1.29 is 8.42 Å². The molecule has 0 unspecified atom stereocenters. The summed E-state index contributed by atoms with van der Waals surface area (Å²) in [5, 5.41) is 8.69. The summed E-state index contributed by atoms with van der Waals surface area (Å²) in [5.74, 6) is 0. The van der Waals surface area contributed by atoms with Gasteiger partial charge in [0.1, 0.15) is 16.7 Å². The van der Waals surface area contributed by atoms with E-state index in [1.165, 1.54) is 29.7 Å². The number of pyridine rings is 1. The molecule has 0 atom stereocenters. The van der Waals surface area contributed by atoms with Crippen LogP contribution in [0.4, 0.5) is 0 Å². The molecule has 0 spiro atoms. The highest BCUT2D eigenvalue weighted by Gasteiger charge is 2.21. The van der Waals surface area contributed by atoms with E-state index in [9.17, 15) is 8.42 Å². The van der Waals surface area contributed by atoms with Crippen LogP contribution in [0, 0.1) is 18.3 Å². The molecule has 0 aliphatic heterocycles. The largest absolute Gasteiger partial charge is 0.244 e. The second-order valence-corrected chi connectivity index (χ2v) is 6.72. The topological polar surface area (TPSA) is 74.1 Å². The number of sulfonamides is 1. The zero-order valence-corrected chi connectivity index (χ0v) is 12.6. The molecule has 0 fully saturated rings. The number of nitrogens with zero attached hydrogens (tertiary/aromatic N) is 3. The van der Waals surface area contributed by atoms with E-state index in [0.29, 0.717) is 0 Å². The van der Waals surface area contributed by atoms with Gasteiger partial charge in [0.05, 0.1) is 0 Å². The third kappa shape index (κ3) is 3.27. The van der Waals surface area contributed by atoms with Gasteiger partial charge in [-0.2, -0.15) is 9.57 Å². The van der Waals surface area contributed by atoms with Gasteiger partial charge in [0.2, 0.25) is 10.0 Å². The predicted octanol–water partition coefficient (Wildman–Crippen LogP) is 2.08. The van der Waals surface area contributed by atoms with Crippen LogP contribution in [-0.2, 0) is 16.6 Å². The van der Waals surface area contributed by atoms with Crippen LogP contribution in [0.1, 0.15) is 16.8 Å². The second-order valence-electron chi connectivity index (χ2n) is 4.68. The molecule has 0 N–H and O–H groups in total. The van der Waals surface area contributed by atoms with Gasteiger partial charge in [0.15, 0.2) is 0 Å². The summed E-state index contributed by atoms with van der Waals surface area (Å²) >= 11 is 0. The molecule has 21 heavy (non-hydrogen) atoms. The highest BCUT2D eigenvalue weighted by Crippen LogP contribution is 2.17. The van der Waals surface area contributed by atoms with Crippen LogP contribution in [0.25, 0.3) is 0 Å². The van der Waals surface area contributed by atoms with Gasteiger partial charge in [-0.3, -0.25) is 0 Å². The first kappa shape index (κ1) is 15.2. The molecule has 0 radical (unpaired) electrons. The van der Waals surface area contributed by atoms with E-state index in [1.54, 1.807) is 0 Å². The maximum Gasteiger partial charge on any atom is 0.244 e. The van der Waals surface area contributed by atoms with Gasteiger partial charge in [0, 0.05) is 19.8 Å². The van der Waals surface area contributed by atoms with Crippen LogP contribution in [0.3, 0.4) is 0 Å². The van der Waals surface area contributed by atoms with Crippen molar-refractivity contribution >= 4 is 10.0 Å². The van der Waals surface area contributed by atoms with Crippen molar-refractivity contribution in [1.82, 2.24) is 9.29 Å². The zero-order valence-electron chi connectivity index (χ0n) is 11.8. The lowest BCUT2D eigenvalue weighted by atomic mass is 10.1. The summed E-state index contributed by atoms with van der Waals surface area (Å²) in [6, 6.07) is 12.3. The number of rotatable bonds is 4. The van der Waals surface area contributed by atoms with E-state index in [2.05, 4.69) is 4.98 Å².